The minimum atomic E-state index is 0.0279. The van der Waals surface area contributed by atoms with Gasteiger partial charge in [0.15, 0.2) is 10.6 Å². The average molecular weight is 318 g/mol. The number of hydrogen-bond acceptors (Lipinski definition) is 3. The van der Waals surface area contributed by atoms with Crippen molar-refractivity contribution in [1.29, 1.82) is 0 Å². The van der Waals surface area contributed by atoms with Gasteiger partial charge in [-0.15, -0.1) is 0 Å². The van der Waals surface area contributed by atoms with E-state index in [1.807, 2.05) is 38.2 Å². The molecule has 1 N–H and O–H groups in total. The summed E-state index contributed by atoms with van der Waals surface area (Å²) in [7, 11) is 1.82. The maximum atomic E-state index is 12.4. The maximum Gasteiger partial charge on any atom is 0.242 e. The lowest BCUT2D eigenvalue weighted by Crippen LogP contribution is -2.33. The molecule has 6 heteroatoms. The first-order valence-corrected chi connectivity index (χ1v) is 7.75. The van der Waals surface area contributed by atoms with E-state index in [-0.39, 0.29) is 12.5 Å². The lowest BCUT2D eigenvalue weighted by Gasteiger charge is -2.20. The van der Waals surface area contributed by atoms with Crippen LogP contribution in [0.5, 0.6) is 0 Å². The molecule has 1 amide bonds. The smallest absolute Gasteiger partial charge is 0.242 e. The summed E-state index contributed by atoms with van der Waals surface area (Å²) in [5.74, 6) is 1.16. The number of aromatic nitrogens is 3. The Morgan fingerprint density at radius 1 is 1.45 bits per heavy atom. The van der Waals surface area contributed by atoms with Crippen LogP contribution in [0.3, 0.4) is 0 Å². The number of aryl methyl sites for hydroxylation is 1. The van der Waals surface area contributed by atoms with Gasteiger partial charge in [-0.05, 0) is 31.1 Å². The first-order valence-electron chi connectivity index (χ1n) is 7.34. The standard InChI is InChI=1S/C16H22N4OS/c1-11(2)9-19(4)14(21)10-20-15(17-18-16(20)22)13-7-5-6-12(3)8-13/h5-8,11H,9-10H2,1-4H3,(H,18,22). The Kier molecular flexibility index (Phi) is 5.13. The Hall–Kier alpha value is -1.95. The number of hydrogen-bond donors (Lipinski definition) is 1. The van der Waals surface area contributed by atoms with Gasteiger partial charge in [-0.25, -0.2) is 0 Å². The van der Waals surface area contributed by atoms with Crippen molar-refractivity contribution in [2.45, 2.75) is 27.3 Å². The molecule has 0 aliphatic rings. The Bertz CT molecular complexity index is 717. The van der Waals surface area contributed by atoms with E-state index in [0.29, 0.717) is 16.5 Å². The normalized spacial score (nSPS) is 11.0. The van der Waals surface area contributed by atoms with Crippen molar-refractivity contribution in [2.75, 3.05) is 13.6 Å². The Balaban J connectivity index is 2.27. The van der Waals surface area contributed by atoms with Gasteiger partial charge in [0, 0.05) is 19.2 Å². The summed E-state index contributed by atoms with van der Waals surface area (Å²) in [6.07, 6.45) is 0. The number of carbonyl (C=O) groups is 1. The fourth-order valence-corrected chi connectivity index (χ4v) is 2.57. The van der Waals surface area contributed by atoms with Crippen molar-refractivity contribution in [1.82, 2.24) is 19.7 Å². The summed E-state index contributed by atoms with van der Waals surface area (Å²) in [6, 6.07) is 8.00. The van der Waals surface area contributed by atoms with E-state index in [9.17, 15) is 4.79 Å². The monoisotopic (exact) mass is 318 g/mol. The summed E-state index contributed by atoms with van der Waals surface area (Å²) in [5.41, 5.74) is 2.09. The molecular weight excluding hydrogens is 296 g/mol. The van der Waals surface area contributed by atoms with Crippen LogP contribution in [-0.4, -0.2) is 39.2 Å². The number of nitrogens with zero attached hydrogens (tertiary/aromatic N) is 3. The van der Waals surface area contributed by atoms with Crippen LogP contribution in [0.2, 0.25) is 0 Å². The molecule has 0 bridgehead atoms. The number of carbonyl (C=O) groups excluding carboxylic acids is 1. The largest absolute Gasteiger partial charge is 0.344 e. The van der Waals surface area contributed by atoms with Crippen LogP contribution in [0.4, 0.5) is 0 Å². The Morgan fingerprint density at radius 2 is 2.18 bits per heavy atom. The molecule has 5 nitrogen and oxygen atoms in total. The topological polar surface area (TPSA) is 53.9 Å². The predicted molar refractivity (Wildman–Crippen MR) is 90.1 cm³/mol. The third kappa shape index (κ3) is 3.82. The molecule has 118 valence electrons. The highest BCUT2D eigenvalue weighted by molar-refractivity contribution is 7.71. The molecule has 0 radical (unpaired) electrons. The first kappa shape index (κ1) is 16.4. The van der Waals surface area contributed by atoms with E-state index < -0.39 is 0 Å². The molecule has 0 atom stereocenters. The second-order valence-electron chi connectivity index (χ2n) is 5.98. The molecule has 1 aromatic carbocycles. The zero-order valence-corrected chi connectivity index (χ0v) is 14.3. The van der Waals surface area contributed by atoms with Gasteiger partial charge in [0.1, 0.15) is 6.54 Å². The summed E-state index contributed by atoms with van der Waals surface area (Å²) in [6.45, 7) is 7.12. The van der Waals surface area contributed by atoms with Crippen LogP contribution >= 0.6 is 12.2 Å². The minimum absolute atomic E-state index is 0.0279. The molecule has 0 aliphatic carbocycles. The highest BCUT2D eigenvalue weighted by Gasteiger charge is 2.15. The van der Waals surface area contributed by atoms with Gasteiger partial charge in [-0.2, -0.15) is 5.10 Å². The summed E-state index contributed by atoms with van der Waals surface area (Å²) >= 11 is 5.27. The van der Waals surface area contributed by atoms with Crippen molar-refractivity contribution in [3.8, 4) is 11.4 Å². The molecule has 0 saturated carbocycles. The van der Waals surface area contributed by atoms with Gasteiger partial charge in [0.05, 0.1) is 0 Å². The number of benzene rings is 1. The summed E-state index contributed by atoms with van der Waals surface area (Å²) in [4.78, 5) is 14.1. The van der Waals surface area contributed by atoms with Gasteiger partial charge in [-0.3, -0.25) is 14.5 Å². The van der Waals surface area contributed by atoms with E-state index in [1.54, 1.807) is 9.47 Å². The van der Waals surface area contributed by atoms with Crippen LogP contribution in [0.15, 0.2) is 24.3 Å². The van der Waals surface area contributed by atoms with E-state index >= 15 is 0 Å². The van der Waals surface area contributed by atoms with Crippen LogP contribution in [0.1, 0.15) is 19.4 Å². The third-order valence-electron chi connectivity index (χ3n) is 3.39. The third-order valence-corrected chi connectivity index (χ3v) is 3.70. The second kappa shape index (κ2) is 6.87. The van der Waals surface area contributed by atoms with Crippen molar-refractivity contribution in [2.24, 2.45) is 5.92 Å². The second-order valence-corrected chi connectivity index (χ2v) is 6.36. The number of rotatable bonds is 5. The first-order chi connectivity index (χ1) is 10.4. The van der Waals surface area contributed by atoms with Crippen molar-refractivity contribution >= 4 is 18.1 Å². The highest BCUT2D eigenvalue weighted by atomic mass is 32.1. The van der Waals surface area contributed by atoms with Gasteiger partial charge >= 0.3 is 0 Å². The van der Waals surface area contributed by atoms with Crippen molar-refractivity contribution < 1.29 is 4.79 Å². The Morgan fingerprint density at radius 3 is 2.82 bits per heavy atom. The number of aromatic amines is 1. The molecular formula is C16H22N4OS. The van der Waals surface area contributed by atoms with Crippen molar-refractivity contribution in [3.05, 3.63) is 34.6 Å². The van der Waals surface area contributed by atoms with Crippen LogP contribution in [0.25, 0.3) is 11.4 Å². The number of likely N-dealkylation sites (N-methyl/N-ethyl adjacent to an activating group) is 1. The average Bonchev–Trinajstić information content (AvgIpc) is 2.79. The van der Waals surface area contributed by atoms with Gasteiger partial charge in [0.2, 0.25) is 5.91 Å². The predicted octanol–water partition coefficient (Wildman–Crippen LogP) is 3.03. The number of amides is 1. The SMILES string of the molecule is Cc1cccc(-c2n[nH]c(=S)n2CC(=O)N(C)CC(C)C)c1. The molecule has 1 aromatic heterocycles. The molecule has 0 fully saturated rings. The minimum Gasteiger partial charge on any atom is -0.344 e. The molecule has 2 rings (SSSR count). The van der Waals surface area contributed by atoms with E-state index in [2.05, 4.69) is 24.0 Å². The molecule has 0 aliphatic heterocycles. The van der Waals surface area contributed by atoms with E-state index in [4.69, 9.17) is 12.2 Å². The van der Waals surface area contributed by atoms with Crippen LogP contribution in [0, 0.1) is 17.6 Å². The zero-order chi connectivity index (χ0) is 16.3. The zero-order valence-electron chi connectivity index (χ0n) is 13.5. The van der Waals surface area contributed by atoms with E-state index in [1.165, 1.54) is 0 Å². The maximum absolute atomic E-state index is 12.4. The molecule has 0 spiro atoms. The van der Waals surface area contributed by atoms with Crippen LogP contribution in [-0.2, 0) is 11.3 Å². The van der Waals surface area contributed by atoms with Gasteiger partial charge in [0.25, 0.3) is 0 Å². The molecule has 2 aromatic rings. The Labute approximate surface area is 136 Å². The molecule has 0 saturated heterocycles. The van der Waals surface area contributed by atoms with Crippen LogP contribution < -0.4 is 0 Å². The quantitative estimate of drug-likeness (QED) is 0.862. The van der Waals surface area contributed by atoms with Gasteiger partial charge < -0.3 is 4.90 Å². The van der Waals surface area contributed by atoms with Crippen molar-refractivity contribution in [3.63, 3.8) is 0 Å². The summed E-state index contributed by atoms with van der Waals surface area (Å²) < 4.78 is 2.21. The lowest BCUT2D eigenvalue weighted by molar-refractivity contribution is -0.131. The lowest BCUT2D eigenvalue weighted by atomic mass is 10.1. The fourth-order valence-electron chi connectivity index (χ4n) is 2.37. The summed E-state index contributed by atoms with van der Waals surface area (Å²) in [5, 5.41) is 7.06. The molecule has 0 unspecified atom stereocenters. The molecule has 22 heavy (non-hydrogen) atoms. The number of nitrogens with one attached hydrogen (secondary N) is 1. The van der Waals surface area contributed by atoms with E-state index in [0.717, 1.165) is 17.7 Å². The molecule has 1 heterocycles. The number of H-pyrrole nitrogens is 1. The highest BCUT2D eigenvalue weighted by Crippen LogP contribution is 2.18. The fraction of sp³-hybridized carbons (Fsp3) is 0.438. The van der Waals surface area contributed by atoms with Gasteiger partial charge in [-0.1, -0.05) is 37.6 Å².